The van der Waals surface area contributed by atoms with Gasteiger partial charge in [0, 0.05) is 19.2 Å². The molecule has 19 heavy (non-hydrogen) atoms. The van der Waals surface area contributed by atoms with Crippen LogP contribution in [0.25, 0.3) is 10.8 Å². The molecule has 0 aliphatic carbocycles. The second-order valence-electron chi connectivity index (χ2n) is 6.25. The first kappa shape index (κ1) is 13.6. The molecule has 0 bridgehead atoms. The van der Waals surface area contributed by atoms with Crippen LogP contribution >= 0.6 is 0 Å². The Hall–Kier alpha value is -1.83. The highest BCUT2D eigenvalue weighted by Gasteiger charge is 2.19. The molecule has 2 nitrogen and oxygen atoms in total. The van der Waals surface area contributed by atoms with Crippen molar-refractivity contribution in [1.29, 1.82) is 0 Å². The van der Waals surface area contributed by atoms with Crippen LogP contribution in [0.4, 0.5) is 0 Å². The van der Waals surface area contributed by atoms with Crippen molar-refractivity contribution >= 4 is 16.7 Å². The molecule has 0 aliphatic rings. The fourth-order valence-electron chi connectivity index (χ4n) is 2.40. The van der Waals surface area contributed by atoms with Gasteiger partial charge in [-0.3, -0.25) is 4.79 Å². The first-order valence-electron chi connectivity index (χ1n) is 6.62. The Morgan fingerprint density at radius 1 is 1.05 bits per heavy atom. The van der Waals surface area contributed by atoms with Crippen LogP contribution in [0.3, 0.4) is 0 Å². The van der Waals surface area contributed by atoms with Gasteiger partial charge in [-0.2, -0.15) is 0 Å². The van der Waals surface area contributed by atoms with E-state index in [4.69, 9.17) is 0 Å². The molecular formula is C17H21NO. The van der Waals surface area contributed by atoms with Gasteiger partial charge in [0.1, 0.15) is 0 Å². The van der Waals surface area contributed by atoms with Crippen LogP contribution in [0.5, 0.6) is 0 Å². The average Bonchev–Trinajstić information content (AvgIpc) is 2.35. The van der Waals surface area contributed by atoms with Crippen LogP contribution in [0.15, 0.2) is 42.5 Å². The van der Waals surface area contributed by atoms with Gasteiger partial charge < -0.3 is 4.90 Å². The third-order valence-electron chi connectivity index (χ3n) is 3.08. The van der Waals surface area contributed by atoms with Gasteiger partial charge in [0.25, 0.3) is 5.91 Å². The minimum atomic E-state index is 0.0896. The van der Waals surface area contributed by atoms with Gasteiger partial charge in [0.05, 0.1) is 0 Å². The number of carbonyl (C=O) groups excluding carboxylic acids is 1. The summed E-state index contributed by atoms with van der Waals surface area (Å²) in [7, 11) is 1.87. The molecule has 0 heterocycles. The van der Waals surface area contributed by atoms with Crippen molar-refractivity contribution in [3.05, 3.63) is 48.0 Å². The van der Waals surface area contributed by atoms with Crippen LogP contribution in [0.2, 0.25) is 0 Å². The molecule has 0 fully saturated rings. The normalized spacial score (nSPS) is 11.6. The Balaban J connectivity index is 2.36. The summed E-state index contributed by atoms with van der Waals surface area (Å²) in [5.74, 6) is 0.0896. The largest absolute Gasteiger partial charge is 0.341 e. The zero-order valence-corrected chi connectivity index (χ0v) is 12.1. The van der Waals surface area contributed by atoms with Crippen LogP contribution in [0.1, 0.15) is 31.1 Å². The number of amides is 1. The number of hydrogen-bond donors (Lipinski definition) is 0. The van der Waals surface area contributed by atoms with E-state index in [-0.39, 0.29) is 11.3 Å². The van der Waals surface area contributed by atoms with Crippen molar-refractivity contribution < 1.29 is 4.79 Å². The number of rotatable bonds is 2. The SMILES string of the molecule is CN(CC(C)(C)C)C(=O)c1cccc2ccccc12. The van der Waals surface area contributed by atoms with E-state index in [2.05, 4.69) is 20.8 Å². The van der Waals surface area contributed by atoms with E-state index in [9.17, 15) is 4.79 Å². The summed E-state index contributed by atoms with van der Waals surface area (Å²) in [6.07, 6.45) is 0. The molecule has 0 radical (unpaired) electrons. The molecule has 100 valence electrons. The first-order chi connectivity index (χ1) is 8.88. The van der Waals surface area contributed by atoms with E-state index in [1.165, 1.54) is 0 Å². The summed E-state index contributed by atoms with van der Waals surface area (Å²) in [6.45, 7) is 7.16. The molecule has 0 saturated heterocycles. The zero-order valence-electron chi connectivity index (χ0n) is 12.1. The smallest absolute Gasteiger partial charge is 0.254 e. The summed E-state index contributed by atoms with van der Waals surface area (Å²) >= 11 is 0. The third kappa shape index (κ3) is 3.14. The molecule has 0 unspecified atom stereocenters. The number of benzene rings is 2. The van der Waals surface area contributed by atoms with Gasteiger partial charge in [-0.15, -0.1) is 0 Å². The lowest BCUT2D eigenvalue weighted by atomic mass is 9.95. The van der Waals surface area contributed by atoms with Crippen molar-refractivity contribution in [3.63, 3.8) is 0 Å². The Morgan fingerprint density at radius 2 is 1.68 bits per heavy atom. The lowest BCUT2D eigenvalue weighted by Gasteiger charge is -2.27. The van der Waals surface area contributed by atoms with Crippen molar-refractivity contribution in [2.24, 2.45) is 5.41 Å². The van der Waals surface area contributed by atoms with Crippen molar-refractivity contribution in [1.82, 2.24) is 4.90 Å². The van der Waals surface area contributed by atoms with E-state index in [1.54, 1.807) is 0 Å². The monoisotopic (exact) mass is 255 g/mol. The maximum Gasteiger partial charge on any atom is 0.254 e. The Labute approximate surface area is 115 Å². The standard InChI is InChI=1S/C17H21NO/c1-17(2,3)12-18(4)16(19)15-11-7-9-13-8-5-6-10-14(13)15/h5-11H,12H2,1-4H3. The number of nitrogens with zero attached hydrogens (tertiary/aromatic N) is 1. The Kier molecular flexibility index (Phi) is 3.61. The van der Waals surface area contributed by atoms with Gasteiger partial charge in [-0.05, 0) is 22.3 Å². The molecule has 0 saturated carbocycles. The van der Waals surface area contributed by atoms with Gasteiger partial charge in [0.15, 0.2) is 0 Å². The number of fused-ring (bicyclic) bond motifs is 1. The molecule has 0 N–H and O–H groups in total. The highest BCUT2D eigenvalue weighted by atomic mass is 16.2. The molecule has 0 spiro atoms. The fourth-order valence-corrected chi connectivity index (χ4v) is 2.40. The summed E-state index contributed by atoms with van der Waals surface area (Å²) < 4.78 is 0. The molecule has 0 aliphatic heterocycles. The lowest BCUT2D eigenvalue weighted by molar-refractivity contribution is 0.0747. The van der Waals surface area contributed by atoms with Crippen molar-refractivity contribution in [2.45, 2.75) is 20.8 Å². The Bertz CT molecular complexity index is 590. The summed E-state index contributed by atoms with van der Waals surface area (Å²) in [4.78, 5) is 14.4. The minimum Gasteiger partial charge on any atom is -0.341 e. The highest BCUT2D eigenvalue weighted by molar-refractivity contribution is 6.06. The molecule has 0 aromatic heterocycles. The minimum absolute atomic E-state index is 0.0896. The maximum atomic E-state index is 12.6. The van der Waals surface area contributed by atoms with E-state index in [0.717, 1.165) is 22.9 Å². The zero-order chi connectivity index (χ0) is 14.0. The molecule has 2 aromatic carbocycles. The first-order valence-corrected chi connectivity index (χ1v) is 6.62. The third-order valence-corrected chi connectivity index (χ3v) is 3.08. The van der Waals surface area contributed by atoms with Crippen LogP contribution < -0.4 is 0 Å². The van der Waals surface area contributed by atoms with E-state index in [1.807, 2.05) is 54.4 Å². The number of carbonyl (C=O) groups is 1. The molecule has 0 atom stereocenters. The van der Waals surface area contributed by atoms with Crippen molar-refractivity contribution in [2.75, 3.05) is 13.6 Å². The molecule has 2 heteroatoms. The van der Waals surface area contributed by atoms with Crippen LogP contribution in [0, 0.1) is 5.41 Å². The van der Waals surface area contributed by atoms with Gasteiger partial charge in [-0.25, -0.2) is 0 Å². The number of hydrogen-bond acceptors (Lipinski definition) is 1. The summed E-state index contributed by atoms with van der Waals surface area (Å²) in [6, 6.07) is 13.9. The second-order valence-corrected chi connectivity index (χ2v) is 6.25. The van der Waals surface area contributed by atoms with E-state index in [0.29, 0.717) is 0 Å². The summed E-state index contributed by atoms with van der Waals surface area (Å²) in [5.41, 5.74) is 0.888. The van der Waals surface area contributed by atoms with Crippen LogP contribution in [-0.2, 0) is 0 Å². The quantitative estimate of drug-likeness (QED) is 0.795. The molecule has 2 rings (SSSR count). The van der Waals surface area contributed by atoms with Crippen LogP contribution in [-0.4, -0.2) is 24.4 Å². The topological polar surface area (TPSA) is 20.3 Å². The van der Waals surface area contributed by atoms with Gasteiger partial charge in [0.2, 0.25) is 0 Å². The lowest BCUT2D eigenvalue weighted by Crippen LogP contribution is -2.34. The average molecular weight is 255 g/mol. The van der Waals surface area contributed by atoms with Gasteiger partial charge in [-0.1, -0.05) is 57.2 Å². The maximum absolute atomic E-state index is 12.6. The molecular weight excluding hydrogens is 234 g/mol. The van der Waals surface area contributed by atoms with Gasteiger partial charge >= 0.3 is 0 Å². The summed E-state index contributed by atoms with van der Waals surface area (Å²) in [5, 5.41) is 2.13. The van der Waals surface area contributed by atoms with Crippen molar-refractivity contribution in [3.8, 4) is 0 Å². The molecule has 2 aromatic rings. The predicted molar refractivity (Wildman–Crippen MR) is 80.4 cm³/mol. The second kappa shape index (κ2) is 5.04. The highest BCUT2D eigenvalue weighted by Crippen LogP contribution is 2.21. The fraction of sp³-hybridized carbons (Fsp3) is 0.353. The predicted octanol–water partition coefficient (Wildman–Crippen LogP) is 3.96. The molecule has 1 amide bonds. The Morgan fingerprint density at radius 3 is 2.37 bits per heavy atom. The van der Waals surface area contributed by atoms with E-state index < -0.39 is 0 Å². The van der Waals surface area contributed by atoms with E-state index >= 15 is 0 Å².